The molecule has 2 N–H and O–H groups in total. The van der Waals surface area contributed by atoms with Gasteiger partial charge in [0.15, 0.2) is 0 Å². The first kappa shape index (κ1) is 25.6. The molecule has 1 aliphatic heterocycles. The fraction of sp³-hybridized carbons (Fsp3) is 0.250. The molecule has 1 aliphatic rings. The van der Waals surface area contributed by atoms with E-state index in [-0.39, 0.29) is 5.82 Å². The molecule has 0 spiro atoms. The molecule has 194 valence electrons. The smallest absolute Gasteiger partial charge is 0.131 e. The van der Waals surface area contributed by atoms with E-state index in [1.165, 1.54) is 30.1 Å². The molecule has 0 unspecified atom stereocenters. The fourth-order valence-electron chi connectivity index (χ4n) is 5.19. The molecule has 0 amide bonds. The van der Waals surface area contributed by atoms with Gasteiger partial charge in [0, 0.05) is 43.0 Å². The van der Waals surface area contributed by atoms with Gasteiger partial charge < -0.3 is 10.3 Å². The van der Waals surface area contributed by atoms with Gasteiger partial charge in [0.1, 0.15) is 11.6 Å². The lowest BCUT2D eigenvalue weighted by atomic mass is 9.98. The SMILES string of the molecule is C=C/C(=C\C(=C/C)c1ccc(NC)c(Cc2nc3c(-c4ccccc4F)cncc3[nH]2)c1)CN1CCCC1. The standard InChI is InChI=1S/C32H34FN5/c1-4-22(21-38-14-8-9-15-38)16-23(5-2)24-12-13-29(34-3)25(17-24)18-31-36-30-20-35-19-27(32(30)37-31)26-10-6-7-11-28(26)33/h4-7,10-13,16-17,19-20,34H,1,8-9,14-15,18,21H2,2-3H3,(H,36,37)/b22-16+,23-5+. The molecule has 2 aromatic carbocycles. The van der Waals surface area contributed by atoms with Gasteiger partial charge in [0.05, 0.1) is 17.2 Å². The molecule has 0 aliphatic carbocycles. The van der Waals surface area contributed by atoms with Gasteiger partial charge in [-0.05, 0) is 73.3 Å². The molecule has 5 rings (SSSR count). The van der Waals surface area contributed by atoms with E-state index in [4.69, 9.17) is 4.98 Å². The lowest BCUT2D eigenvalue weighted by molar-refractivity contribution is 0.371. The minimum absolute atomic E-state index is 0.285. The van der Waals surface area contributed by atoms with Crippen LogP contribution in [0.2, 0.25) is 0 Å². The van der Waals surface area contributed by atoms with Crippen molar-refractivity contribution in [3.63, 3.8) is 0 Å². The number of anilines is 1. The van der Waals surface area contributed by atoms with E-state index in [9.17, 15) is 4.39 Å². The van der Waals surface area contributed by atoms with E-state index in [1.54, 1.807) is 24.5 Å². The van der Waals surface area contributed by atoms with Gasteiger partial charge in [-0.25, -0.2) is 9.37 Å². The highest BCUT2D eigenvalue weighted by Gasteiger charge is 2.15. The maximum absolute atomic E-state index is 14.5. The first-order chi connectivity index (χ1) is 18.6. The van der Waals surface area contributed by atoms with Crippen LogP contribution >= 0.6 is 0 Å². The number of nitrogens with one attached hydrogen (secondary N) is 2. The van der Waals surface area contributed by atoms with Gasteiger partial charge in [-0.15, -0.1) is 0 Å². The van der Waals surface area contributed by atoms with Crippen molar-refractivity contribution in [1.29, 1.82) is 0 Å². The number of imidazole rings is 1. The highest BCUT2D eigenvalue weighted by Crippen LogP contribution is 2.30. The molecule has 0 atom stereocenters. The summed E-state index contributed by atoms with van der Waals surface area (Å²) in [6.07, 6.45) is 12.9. The van der Waals surface area contributed by atoms with Crippen molar-refractivity contribution in [2.45, 2.75) is 26.2 Å². The van der Waals surface area contributed by atoms with Crippen LogP contribution in [0.5, 0.6) is 0 Å². The second kappa shape index (κ2) is 11.6. The van der Waals surface area contributed by atoms with Crippen LogP contribution in [0.1, 0.15) is 36.7 Å². The number of hydrogen-bond donors (Lipinski definition) is 2. The molecule has 38 heavy (non-hydrogen) atoms. The first-order valence-electron chi connectivity index (χ1n) is 13.2. The Morgan fingerprint density at radius 2 is 1.95 bits per heavy atom. The second-order valence-corrected chi connectivity index (χ2v) is 9.70. The Kier molecular flexibility index (Phi) is 7.80. The Labute approximate surface area is 223 Å². The Balaban J connectivity index is 1.46. The average molecular weight is 508 g/mol. The lowest BCUT2D eigenvalue weighted by Crippen LogP contribution is -2.21. The van der Waals surface area contributed by atoms with Crippen LogP contribution in [-0.4, -0.2) is 46.5 Å². The number of nitrogens with zero attached hydrogens (tertiary/aromatic N) is 3. The van der Waals surface area contributed by atoms with Crippen LogP contribution in [0.4, 0.5) is 10.1 Å². The van der Waals surface area contributed by atoms with Crippen molar-refractivity contribution in [3.8, 4) is 11.1 Å². The van der Waals surface area contributed by atoms with Gasteiger partial charge >= 0.3 is 0 Å². The van der Waals surface area contributed by atoms with E-state index in [0.717, 1.165) is 53.3 Å². The maximum atomic E-state index is 14.5. The third-order valence-corrected chi connectivity index (χ3v) is 7.19. The minimum Gasteiger partial charge on any atom is -0.388 e. The quantitative estimate of drug-likeness (QED) is 0.239. The Morgan fingerprint density at radius 1 is 1.13 bits per heavy atom. The monoisotopic (exact) mass is 507 g/mol. The summed E-state index contributed by atoms with van der Waals surface area (Å²) in [7, 11) is 1.93. The van der Waals surface area contributed by atoms with Crippen LogP contribution < -0.4 is 5.32 Å². The van der Waals surface area contributed by atoms with E-state index < -0.39 is 0 Å². The molecule has 1 fully saturated rings. The predicted octanol–water partition coefficient (Wildman–Crippen LogP) is 7.01. The molecule has 2 aromatic heterocycles. The van der Waals surface area contributed by atoms with Crippen molar-refractivity contribution in [2.24, 2.45) is 0 Å². The zero-order valence-electron chi connectivity index (χ0n) is 22.1. The summed E-state index contributed by atoms with van der Waals surface area (Å²) in [6, 6.07) is 13.2. The Morgan fingerprint density at radius 3 is 2.68 bits per heavy atom. The molecular weight excluding hydrogens is 473 g/mol. The molecule has 0 radical (unpaired) electrons. The van der Waals surface area contributed by atoms with Crippen LogP contribution in [0.15, 0.2) is 85.2 Å². The summed E-state index contributed by atoms with van der Waals surface area (Å²) < 4.78 is 14.5. The summed E-state index contributed by atoms with van der Waals surface area (Å²) in [5, 5.41) is 3.32. The number of pyridine rings is 1. The van der Waals surface area contributed by atoms with E-state index in [1.807, 2.05) is 19.2 Å². The molecule has 0 bridgehead atoms. The van der Waals surface area contributed by atoms with Crippen molar-refractivity contribution in [3.05, 3.63) is 108 Å². The zero-order valence-corrected chi connectivity index (χ0v) is 22.1. The normalized spacial score (nSPS) is 14.8. The molecule has 4 aromatic rings. The number of H-pyrrole nitrogens is 1. The molecule has 6 heteroatoms. The fourth-order valence-corrected chi connectivity index (χ4v) is 5.19. The number of halogens is 1. The first-order valence-corrected chi connectivity index (χ1v) is 13.2. The lowest BCUT2D eigenvalue weighted by Gasteiger charge is -2.16. The van der Waals surface area contributed by atoms with Crippen LogP contribution in [0.25, 0.3) is 27.7 Å². The van der Waals surface area contributed by atoms with Gasteiger partial charge in [0.2, 0.25) is 0 Å². The highest BCUT2D eigenvalue weighted by atomic mass is 19.1. The second-order valence-electron chi connectivity index (χ2n) is 9.70. The minimum atomic E-state index is -0.285. The Hall–Kier alpha value is -4.03. The number of rotatable bonds is 9. The molecule has 1 saturated heterocycles. The number of likely N-dealkylation sites (tertiary alicyclic amines) is 1. The van der Waals surface area contributed by atoms with Gasteiger partial charge in [-0.3, -0.25) is 9.88 Å². The van der Waals surface area contributed by atoms with Crippen LogP contribution in [0, 0.1) is 5.82 Å². The van der Waals surface area contributed by atoms with Gasteiger partial charge in [-0.1, -0.05) is 49.1 Å². The average Bonchev–Trinajstić information content (AvgIpc) is 3.60. The van der Waals surface area contributed by atoms with Crippen molar-refractivity contribution in [1.82, 2.24) is 19.9 Å². The predicted molar refractivity (Wildman–Crippen MR) is 156 cm³/mol. The Bertz CT molecular complexity index is 1510. The van der Waals surface area contributed by atoms with E-state index >= 15 is 0 Å². The van der Waals surface area contributed by atoms with Crippen LogP contribution in [0.3, 0.4) is 0 Å². The summed E-state index contributed by atoms with van der Waals surface area (Å²) in [6.45, 7) is 9.38. The number of hydrogen-bond acceptors (Lipinski definition) is 4. The summed E-state index contributed by atoms with van der Waals surface area (Å²) in [5.74, 6) is 0.518. The topological polar surface area (TPSA) is 56.8 Å². The third kappa shape index (κ3) is 5.46. The van der Waals surface area contributed by atoms with Crippen LogP contribution in [-0.2, 0) is 6.42 Å². The van der Waals surface area contributed by atoms with Crippen molar-refractivity contribution in [2.75, 3.05) is 32.0 Å². The number of aromatic nitrogens is 3. The zero-order chi connectivity index (χ0) is 26.5. The third-order valence-electron chi connectivity index (χ3n) is 7.19. The maximum Gasteiger partial charge on any atom is 0.131 e. The molecular formula is C32H34FN5. The summed E-state index contributed by atoms with van der Waals surface area (Å²) >= 11 is 0. The summed E-state index contributed by atoms with van der Waals surface area (Å²) in [4.78, 5) is 15.1. The molecule has 0 saturated carbocycles. The number of aromatic amines is 1. The van der Waals surface area contributed by atoms with Gasteiger partial charge in [-0.2, -0.15) is 0 Å². The van der Waals surface area contributed by atoms with Crippen molar-refractivity contribution >= 4 is 22.3 Å². The van der Waals surface area contributed by atoms with E-state index in [0.29, 0.717) is 17.5 Å². The molecule has 5 nitrogen and oxygen atoms in total. The number of benzene rings is 2. The van der Waals surface area contributed by atoms with E-state index in [2.05, 4.69) is 64.0 Å². The highest BCUT2D eigenvalue weighted by molar-refractivity contribution is 5.91. The summed E-state index contributed by atoms with van der Waals surface area (Å²) in [5.41, 5.74) is 8.39. The largest absolute Gasteiger partial charge is 0.388 e. The van der Waals surface area contributed by atoms with Gasteiger partial charge in [0.25, 0.3) is 0 Å². The molecule has 3 heterocycles. The number of allylic oxidation sites excluding steroid dienone is 3. The van der Waals surface area contributed by atoms with Crippen molar-refractivity contribution < 1.29 is 4.39 Å². The number of fused-ring (bicyclic) bond motifs is 1.